The third kappa shape index (κ3) is 10.9. The number of fused-ring (bicyclic) bond motifs is 6. The number of hydrogen-bond donors (Lipinski definition) is 2. The number of carbonyl (C=O) groups excluding carboxylic acids is 4. The van der Waals surface area contributed by atoms with E-state index in [1.807, 2.05) is 71.0 Å². The summed E-state index contributed by atoms with van der Waals surface area (Å²) in [4.78, 5) is 72.8. The topological polar surface area (TPSA) is 160 Å². The molecule has 1 aliphatic carbocycles. The van der Waals surface area contributed by atoms with Gasteiger partial charge in [0.1, 0.15) is 18.1 Å². The number of aliphatic imine (C=N–C) groups is 2. The summed E-state index contributed by atoms with van der Waals surface area (Å²) in [5.74, 6) is -1.96. The lowest BCUT2D eigenvalue weighted by atomic mass is 9.79. The molecular formula is C57H70N8O6. The van der Waals surface area contributed by atoms with Crippen LogP contribution in [-0.2, 0) is 48.0 Å². The van der Waals surface area contributed by atoms with E-state index < -0.39 is 35.4 Å². The van der Waals surface area contributed by atoms with Crippen molar-refractivity contribution in [3.63, 3.8) is 0 Å². The number of rotatable bonds is 11. The molecule has 3 aromatic carbocycles. The standard InChI is InChI=1S/C57H70N8O6/c1-11-64-48-23-22-40-30-44(48)45(52(64)43-20-14-24-58-50(43)37(6)70-10)31-57(7,8)32-71-56(69)46-21-15-25-65(62-46)55(68)47(27-38-18-13-19-39(40)26-38)61-53(66)51(34(2)3)63(9)54(67)41-28-42(29-41)59-33-60-49-35(4)16-12-17-36(49)5/h12-14,16-20,22-24,26,30,34,37,41-42,46-47,51,62H,11,15,21,25,27-29,31-32H2,1-10H3,(H,61,66)/t37-,41?,42?,46-,47-,51-/m0/s1. The van der Waals surface area contributed by atoms with Crippen LogP contribution >= 0.6 is 0 Å². The number of benzene rings is 3. The van der Waals surface area contributed by atoms with E-state index in [1.165, 1.54) is 9.91 Å². The Kier molecular flexibility index (Phi) is 15.4. The molecule has 71 heavy (non-hydrogen) atoms. The van der Waals surface area contributed by atoms with Crippen LogP contribution in [-0.4, -0.2) is 101 Å². The van der Waals surface area contributed by atoms with Gasteiger partial charge in [-0.05, 0) is 123 Å². The number of cyclic esters (lactones) is 1. The molecule has 1 saturated carbocycles. The van der Waals surface area contributed by atoms with Crippen LogP contribution in [0.3, 0.4) is 0 Å². The van der Waals surface area contributed by atoms with Gasteiger partial charge in [-0.2, -0.15) is 4.99 Å². The molecule has 14 heteroatoms. The summed E-state index contributed by atoms with van der Waals surface area (Å²) < 4.78 is 14.3. The summed E-state index contributed by atoms with van der Waals surface area (Å²) in [5, 5.41) is 5.65. The number of aromatic nitrogens is 2. The van der Waals surface area contributed by atoms with Crippen LogP contribution in [0.2, 0.25) is 0 Å². The Bertz CT molecular complexity index is 2850. The van der Waals surface area contributed by atoms with Gasteiger partial charge in [0.25, 0.3) is 5.91 Å². The van der Waals surface area contributed by atoms with Crippen LogP contribution < -0.4 is 10.7 Å². The summed E-state index contributed by atoms with van der Waals surface area (Å²) >= 11 is 0. The van der Waals surface area contributed by atoms with Crippen LogP contribution in [0, 0.1) is 31.1 Å². The zero-order chi connectivity index (χ0) is 50.7. The molecule has 2 N–H and O–H groups in total. The van der Waals surface area contributed by atoms with E-state index in [-0.39, 0.29) is 48.8 Å². The first-order valence-electron chi connectivity index (χ1n) is 25.2. The highest BCUT2D eigenvalue weighted by atomic mass is 16.5. The van der Waals surface area contributed by atoms with Crippen molar-refractivity contribution in [1.29, 1.82) is 0 Å². The Morgan fingerprint density at radius 1 is 1.01 bits per heavy atom. The number of nitrogens with one attached hydrogen (secondary N) is 2. The highest BCUT2D eigenvalue weighted by Crippen LogP contribution is 2.42. The number of aryl methyl sites for hydroxylation is 3. The fourth-order valence-electron chi connectivity index (χ4n) is 10.6. The Morgan fingerprint density at radius 3 is 2.46 bits per heavy atom. The van der Waals surface area contributed by atoms with Gasteiger partial charge in [-0.1, -0.05) is 76.2 Å². The van der Waals surface area contributed by atoms with Crippen LogP contribution in [0.1, 0.15) is 101 Å². The van der Waals surface area contributed by atoms with E-state index in [0.717, 1.165) is 66.9 Å². The Balaban J connectivity index is 1.11. The van der Waals surface area contributed by atoms with Gasteiger partial charge in [0, 0.05) is 67.7 Å². The average Bonchev–Trinajstić information content (AvgIpc) is 3.64. The van der Waals surface area contributed by atoms with Gasteiger partial charge in [-0.3, -0.25) is 29.2 Å². The van der Waals surface area contributed by atoms with Crippen LogP contribution in [0.25, 0.3) is 33.3 Å². The largest absolute Gasteiger partial charge is 0.464 e. The lowest BCUT2D eigenvalue weighted by Gasteiger charge is -2.39. The van der Waals surface area contributed by atoms with Crippen LogP contribution in [0.5, 0.6) is 0 Å². The molecule has 5 aromatic rings. The van der Waals surface area contributed by atoms with Crippen molar-refractivity contribution < 1.29 is 28.7 Å². The molecule has 0 unspecified atom stereocenters. The number of pyridine rings is 1. The van der Waals surface area contributed by atoms with Crippen LogP contribution in [0.4, 0.5) is 5.69 Å². The summed E-state index contributed by atoms with van der Waals surface area (Å²) in [6, 6.07) is 24.8. The zero-order valence-electron chi connectivity index (χ0n) is 43.0. The minimum Gasteiger partial charge on any atom is -0.464 e. The fraction of sp³-hybridized carbons (Fsp3) is 0.474. The SMILES string of the molecule is CCn1c(-c2cccnc2[C@H](C)OC)c2c3cc(ccc31)-c1cccc(c1)C[C@H](NC(=O)[C@H](C(C)C)N(C)C(=O)C1CC(N=C=Nc3c(C)cccc3C)C1)C(=O)N1CCC[C@H](N1)C(=O)OCC(C)(C)C2. The van der Waals surface area contributed by atoms with E-state index in [9.17, 15) is 19.2 Å². The minimum absolute atomic E-state index is 0.0918. The number of hydrazine groups is 1. The van der Waals surface area contributed by atoms with Crippen molar-refractivity contribution in [3.05, 3.63) is 107 Å². The normalized spacial score (nSPS) is 21.0. The summed E-state index contributed by atoms with van der Waals surface area (Å²) in [6.45, 7) is 17.4. The van der Waals surface area contributed by atoms with Gasteiger partial charge in [-0.15, -0.1) is 0 Å². The van der Waals surface area contributed by atoms with Gasteiger partial charge >= 0.3 is 5.97 Å². The number of amides is 3. The number of para-hydroxylation sites is 1. The van der Waals surface area contributed by atoms with E-state index in [4.69, 9.17) is 14.5 Å². The molecular weight excluding hydrogens is 893 g/mol. The monoisotopic (exact) mass is 963 g/mol. The molecule has 3 amide bonds. The van der Waals surface area contributed by atoms with E-state index in [0.29, 0.717) is 45.2 Å². The first-order chi connectivity index (χ1) is 34.0. The van der Waals surface area contributed by atoms with E-state index in [1.54, 1.807) is 20.4 Å². The number of hydrogen-bond acceptors (Lipinski definition) is 10. The maximum absolute atomic E-state index is 14.8. The predicted octanol–water partition coefficient (Wildman–Crippen LogP) is 9.13. The van der Waals surface area contributed by atoms with Gasteiger partial charge in [-0.25, -0.2) is 10.4 Å². The third-order valence-corrected chi connectivity index (χ3v) is 14.6. The smallest absolute Gasteiger partial charge is 0.324 e. The fourth-order valence-corrected chi connectivity index (χ4v) is 10.6. The average molecular weight is 963 g/mol. The summed E-state index contributed by atoms with van der Waals surface area (Å²) in [5.41, 5.74) is 13.5. The quantitative estimate of drug-likeness (QED) is 0.0980. The lowest BCUT2D eigenvalue weighted by Crippen LogP contribution is -2.62. The number of ether oxygens (including phenoxy) is 2. The minimum atomic E-state index is -1.03. The van der Waals surface area contributed by atoms with Gasteiger partial charge in [0.05, 0.1) is 41.8 Å². The molecule has 0 spiro atoms. The van der Waals surface area contributed by atoms with Crippen molar-refractivity contribution in [3.8, 4) is 22.4 Å². The molecule has 0 radical (unpaired) electrons. The predicted molar refractivity (Wildman–Crippen MR) is 277 cm³/mol. The molecule has 1 saturated heterocycles. The molecule has 3 aliphatic rings. The summed E-state index contributed by atoms with van der Waals surface area (Å²) in [7, 11) is 3.36. The Hall–Kier alpha value is -6.47. The highest BCUT2D eigenvalue weighted by Gasteiger charge is 2.42. The molecule has 4 heterocycles. The number of carbonyl (C=O) groups is 4. The third-order valence-electron chi connectivity index (χ3n) is 14.6. The first-order valence-corrected chi connectivity index (χ1v) is 25.2. The van der Waals surface area contributed by atoms with Crippen molar-refractivity contribution in [2.45, 2.75) is 131 Å². The first kappa shape index (κ1) is 50.9. The molecule has 14 nitrogen and oxygen atoms in total. The van der Waals surface area contributed by atoms with Gasteiger partial charge < -0.3 is 24.3 Å². The second kappa shape index (κ2) is 21.5. The lowest BCUT2D eigenvalue weighted by molar-refractivity contribution is -0.155. The molecule has 8 rings (SSSR count). The highest BCUT2D eigenvalue weighted by molar-refractivity contribution is 5.96. The molecule has 2 aliphatic heterocycles. The number of nitrogens with zero attached hydrogens (tertiary/aromatic N) is 6. The van der Waals surface area contributed by atoms with Crippen molar-refractivity contribution in [2.24, 2.45) is 27.2 Å². The van der Waals surface area contributed by atoms with Gasteiger partial charge in [0.2, 0.25) is 11.8 Å². The van der Waals surface area contributed by atoms with Crippen molar-refractivity contribution in [1.82, 2.24) is 30.2 Å². The maximum atomic E-state index is 14.8. The zero-order valence-corrected chi connectivity index (χ0v) is 43.0. The van der Waals surface area contributed by atoms with Crippen molar-refractivity contribution >= 4 is 46.3 Å². The second-order valence-corrected chi connectivity index (χ2v) is 20.9. The van der Waals surface area contributed by atoms with Crippen LogP contribution in [0.15, 0.2) is 89.0 Å². The molecule has 2 fully saturated rings. The number of likely N-dealkylation sites (N-methyl/N-ethyl adjacent to an activating group) is 1. The molecule has 374 valence electrons. The second-order valence-electron chi connectivity index (χ2n) is 20.9. The van der Waals surface area contributed by atoms with Crippen molar-refractivity contribution in [2.75, 3.05) is 27.3 Å². The molecule has 6 bridgehead atoms. The van der Waals surface area contributed by atoms with E-state index >= 15 is 0 Å². The maximum Gasteiger partial charge on any atom is 0.324 e. The number of esters is 1. The van der Waals surface area contributed by atoms with Gasteiger partial charge in [0.15, 0.2) is 0 Å². The Morgan fingerprint density at radius 2 is 1.75 bits per heavy atom. The Labute approximate surface area is 418 Å². The number of methoxy groups -OCH3 is 1. The van der Waals surface area contributed by atoms with E-state index in [2.05, 4.69) is 88.5 Å². The molecule has 4 atom stereocenters. The summed E-state index contributed by atoms with van der Waals surface area (Å²) in [6.07, 6.45) is 4.41. The molecule has 2 aromatic heterocycles.